The summed E-state index contributed by atoms with van der Waals surface area (Å²) < 4.78 is 1.85. The molecule has 0 aliphatic carbocycles. The third-order valence-corrected chi connectivity index (χ3v) is 6.32. The van der Waals surface area contributed by atoms with Gasteiger partial charge in [0.1, 0.15) is 0 Å². The van der Waals surface area contributed by atoms with Crippen molar-refractivity contribution < 1.29 is 9.59 Å². The van der Waals surface area contributed by atoms with Crippen LogP contribution >= 0.6 is 11.3 Å². The first-order chi connectivity index (χ1) is 16.0. The molecule has 0 saturated carbocycles. The minimum Gasteiger partial charge on any atom is -0.348 e. The maximum absolute atomic E-state index is 13.1. The lowest BCUT2D eigenvalue weighted by molar-refractivity contribution is -0.131. The molecule has 7 heteroatoms. The number of rotatable bonds is 8. The lowest BCUT2D eigenvalue weighted by Crippen LogP contribution is -2.33. The summed E-state index contributed by atoms with van der Waals surface area (Å²) in [4.78, 5) is 27.5. The minimum absolute atomic E-state index is 0.0476. The van der Waals surface area contributed by atoms with Crippen LogP contribution in [0.25, 0.3) is 16.9 Å². The van der Waals surface area contributed by atoms with Crippen LogP contribution in [-0.2, 0) is 16.1 Å². The van der Waals surface area contributed by atoms with E-state index >= 15 is 0 Å². The molecule has 0 saturated heterocycles. The Labute approximate surface area is 197 Å². The summed E-state index contributed by atoms with van der Waals surface area (Å²) >= 11 is 1.53. The molecule has 2 aromatic heterocycles. The van der Waals surface area contributed by atoms with Crippen molar-refractivity contribution in [2.24, 2.45) is 0 Å². The van der Waals surface area contributed by atoms with Crippen LogP contribution in [0.4, 0.5) is 0 Å². The average molecular weight is 459 g/mol. The number of aromatic nitrogens is 2. The van der Waals surface area contributed by atoms with E-state index in [2.05, 4.69) is 5.32 Å². The second-order valence-electron chi connectivity index (χ2n) is 7.87. The van der Waals surface area contributed by atoms with Gasteiger partial charge < -0.3 is 10.2 Å². The van der Waals surface area contributed by atoms with Gasteiger partial charge in [-0.25, -0.2) is 4.68 Å². The van der Waals surface area contributed by atoms with E-state index in [4.69, 9.17) is 5.10 Å². The summed E-state index contributed by atoms with van der Waals surface area (Å²) in [6.45, 7) is 1.88. The number of nitrogens with one attached hydrogen (secondary N) is 1. The molecule has 4 rings (SSSR count). The Morgan fingerprint density at radius 1 is 1.03 bits per heavy atom. The number of carbonyl (C=O) groups is 2. The predicted octanol–water partition coefficient (Wildman–Crippen LogP) is 4.83. The van der Waals surface area contributed by atoms with Gasteiger partial charge in [-0.15, -0.1) is 11.3 Å². The van der Waals surface area contributed by atoms with Gasteiger partial charge in [-0.05, 0) is 23.6 Å². The predicted molar refractivity (Wildman–Crippen MR) is 131 cm³/mol. The van der Waals surface area contributed by atoms with Crippen molar-refractivity contribution in [2.45, 2.75) is 25.9 Å². The topological polar surface area (TPSA) is 67.2 Å². The molecule has 168 valence electrons. The number of thiophene rings is 1. The molecule has 0 aliphatic heterocycles. The zero-order chi connectivity index (χ0) is 23.2. The second kappa shape index (κ2) is 10.3. The van der Waals surface area contributed by atoms with Gasteiger partial charge in [-0.3, -0.25) is 9.59 Å². The molecule has 2 amide bonds. The lowest BCUT2D eigenvalue weighted by Gasteiger charge is -2.21. The molecule has 1 N–H and O–H groups in total. The van der Waals surface area contributed by atoms with Crippen molar-refractivity contribution in [1.29, 1.82) is 0 Å². The highest BCUT2D eigenvalue weighted by molar-refractivity contribution is 7.10. The van der Waals surface area contributed by atoms with Crippen LogP contribution in [0.3, 0.4) is 0 Å². The molecule has 0 bridgehead atoms. The summed E-state index contributed by atoms with van der Waals surface area (Å²) in [6.07, 6.45) is 2.18. The third-order valence-electron chi connectivity index (χ3n) is 5.33. The molecule has 2 aromatic carbocycles. The van der Waals surface area contributed by atoms with E-state index in [1.807, 2.05) is 89.1 Å². The summed E-state index contributed by atoms with van der Waals surface area (Å²) in [5.41, 5.74) is 3.75. The Bertz CT molecular complexity index is 1200. The van der Waals surface area contributed by atoms with E-state index in [9.17, 15) is 9.59 Å². The summed E-state index contributed by atoms with van der Waals surface area (Å²) in [7, 11) is 1.79. The minimum atomic E-state index is -0.335. The first-order valence-electron chi connectivity index (χ1n) is 10.7. The van der Waals surface area contributed by atoms with Crippen molar-refractivity contribution in [1.82, 2.24) is 20.0 Å². The van der Waals surface area contributed by atoms with Gasteiger partial charge in [0.25, 0.3) is 0 Å². The molecule has 0 fully saturated rings. The average Bonchev–Trinajstić information content (AvgIpc) is 3.50. The number of para-hydroxylation sites is 1. The van der Waals surface area contributed by atoms with Gasteiger partial charge in [0.2, 0.25) is 11.8 Å². The molecule has 6 nitrogen and oxygen atoms in total. The Morgan fingerprint density at radius 3 is 2.36 bits per heavy atom. The van der Waals surface area contributed by atoms with Crippen LogP contribution in [0, 0.1) is 0 Å². The van der Waals surface area contributed by atoms with Crippen LogP contribution in [0.2, 0.25) is 0 Å². The van der Waals surface area contributed by atoms with Gasteiger partial charge in [-0.2, -0.15) is 5.10 Å². The van der Waals surface area contributed by atoms with Crippen molar-refractivity contribution in [3.8, 4) is 16.9 Å². The highest BCUT2D eigenvalue weighted by Gasteiger charge is 2.22. The fraction of sp³-hybridized carbons (Fsp3) is 0.192. The second-order valence-corrected chi connectivity index (χ2v) is 8.85. The fourth-order valence-electron chi connectivity index (χ4n) is 3.71. The SMILES string of the molecule is CC(=O)NC(CC(=O)N(C)Cc1cn(-c2ccccc2)nc1-c1ccccc1)c1cccs1. The van der Waals surface area contributed by atoms with Crippen molar-refractivity contribution in [3.05, 3.63) is 94.8 Å². The maximum atomic E-state index is 13.1. The van der Waals surface area contributed by atoms with Crippen LogP contribution in [-0.4, -0.2) is 33.5 Å². The van der Waals surface area contributed by atoms with Gasteiger partial charge in [0, 0.05) is 42.7 Å². The summed E-state index contributed by atoms with van der Waals surface area (Å²) in [6, 6.07) is 23.4. The van der Waals surface area contributed by atoms with Crippen LogP contribution < -0.4 is 5.32 Å². The van der Waals surface area contributed by atoms with Crippen molar-refractivity contribution in [3.63, 3.8) is 0 Å². The Hall–Kier alpha value is -3.71. The fourth-order valence-corrected chi connectivity index (χ4v) is 4.49. The Balaban J connectivity index is 1.57. The van der Waals surface area contributed by atoms with E-state index < -0.39 is 0 Å². The number of carbonyl (C=O) groups excluding carboxylic acids is 2. The summed E-state index contributed by atoms with van der Waals surface area (Å²) in [5.74, 6) is -0.201. The first-order valence-corrected chi connectivity index (χ1v) is 11.6. The first kappa shape index (κ1) is 22.5. The van der Waals surface area contributed by atoms with Crippen LogP contribution in [0.5, 0.6) is 0 Å². The van der Waals surface area contributed by atoms with Crippen LogP contribution in [0.1, 0.15) is 29.8 Å². The number of hydrogen-bond donors (Lipinski definition) is 1. The smallest absolute Gasteiger partial charge is 0.225 e. The van der Waals surface area contributed by atoms with E-state index in [0.29, 0.717) is 6.54 Å². The molecule has 1 atom stereocenters. The molecular weight excluding hydrogens is 432 g/mol. The molecule has 0 radical (unpaired) electrons. The zero-order valence-corrected chi connectivity index (χ0v) is 19.5. The third kappa shape index (κ3) is 5.56. The molecule has 0 aliphatic rings. The largest absolute Gasteiger partial charge is 0.348 e. The molecule has 33 heavy (non-hydrogen) atoms. The Morgan fingerprint density at radius 2 is 1.73 bits per heavy atom. The van der Waals surface area contributed by atoms with Crippen molar-refractivity contribution >= 4 is 23.2 Å². The van der Waals surface area contributed by atoms with E-state index in [0.717, 1.165) is 27.4 Å². The number of amides is 2. The lowest BCUT2D eigenvalue weighted by atomic mass is 10.1. The number of hydrogen-bond acceptors (Lipinski definition) is 4. The highest BCUT2D eigenvalue weighted by Crippen LogP contribution is 2.26. The summed E-state index contributed by atoms with van der Waals surface area (Å²) in [5, 5.41) is 9.68. The molecular formula is C26H26N4O2S. The van der Waals surface area contributed by atoms with Gasteiger partial charge in [0.15, 0.2) is 0 Å². The Kier molecular flexibility index (Phi) is 7.00. The normalized spacial score (nSPS) is 11.7. The van der Waals surface area contributed by atoms with Crippen molar-refractivity contribution in [2.75, 3.05) is 7.05 Å². The zero-order valence-electron chi connectivity index (χ0n) is 18.6. The molecule has 0 spiro atoms. The van der Waals surface area contributed by atoms with E-state index in [1.165, 1.54) is 18.3 Å². The molecule has 1 unspecified atom stereocenters. The quantitative estimate of drug-likeness (QED) is 0.411. The molecule has 2 heterocycles. The maximum Gasteiger partial charge on any atom is 0.225 e. The number of benzene rings is 2. The molecule has 4 aromatic rings. The highest BCUT2D eigenvalue weighted by atomic mass is 32.1. The number of nitrogens with zero attached hydrogens (tertiary/aromatic N) is 3. The van der Waals surface area contributed by atoms with Gasteiger partial charge in [-0.1, -0.05) is 54.6 Å². The standard InChI is InChI=1S/C26H26N4O2S/c1-19(31)27-23(24-14-9-15-33-24)16-25(32)29(2)17-21-18-30(22-12-7-4-8-13-22)28-26(21)20-10-5-3-6-11-20/h3-15,18,23H,16-17H2,1-2H3,(H,27,31). The van der Waals surface area contributed by atoms with Gasteiger partial charge >= 0.3 is 0 Å². The van der Waals surface area contributed by atoms with Gasteiger partial charge in [0.05, 0.1) is 23.8 Å². The van der Waals surface area contributed by atoms with Crippen LogP contribution in [0.15, 0.2) is 84.4 Å². The van der Waals surface area contributed by atoms with E-state index in [-0.39, 0.29) is 24.3 Å². The van der Waals surface area contributed by atoms with E-state index in [1.54, 1.807) is 11.9 Å². The monoisotopic (exact) mass is 458 g/mol.